The maximum absolute atomic E-state index is 3.64. The lowest BCUT2D eigenvalue weighted by Gasteiger charge is -2.29. The van der Waals surface area contributed by atoms with E-state index in [1.807, 2.05) is 0 Å². The minimum Gasteiger partial charge on any atom is -0.317 e. The molecule has 118 valence electrons. The van der Waals surface area contributed by atoms with Gasteiger partial charge in [-0.1, -0.05) is 41.8 Å². The van der Waals surface area contributed by atoms with Crippen molar-refractivity contribution in [1.82, 2.24) is 5.32 Å². The molecule has 0 aliphatic heterocycles. The molecule has 0 unspecified atom stereocenters. The van der Waals surface area contributed by atoms with E-state index in [4.69, 9.17) is 0 Å². The maximum atomic E-state index is 3.64. The quantitative estimate of drug-likeness (QED) is 0.634. The Bertz CT molecular complexity index is 461. The van der Waals surface area contributed by atoms with Crippen LogP contribution < -0.4 is 5.32 Å². The van der Waals surface area contributed by atoms with Crippen LogP contribution in [0, 0.1) is 19.3 Å². The van der Waals surface area contributed by atoms with Crippen molar-refractivity contribution in [3.63, 3.8) is 0 Å². The molecule has 1 aliphatic rings. The van der Waals surface area contributed by atoms with Gasteiger partial charge in [0.1, 0.15) is 0 Å². The summed E-state index contributed by atoms with van der Waals surface area (Å²) in [6, 6.07) is 4.66. The van der Waals surface area contributed by atoms with Crippen LogP contribution in [0.1, 0.15) is 62.1 Å². The lowest BCUT2D eigenvalue weighted by atomic mass is 9.77. The maximum Gasteiger partial charge on any atom is 0.0207 e. The van der Waals surface area contributed by atoms with E-state index >= 15 is 0 Å². The highest BCUT2D eigenvalue weighted by Gasteiger charge is 2.32. The molecule has 2 heteroatoms. The zero-order valence-electron chi connectivity index (χ0n) is 13.9. The van der Waals surface area contributed by atoms with E-state index in [1.54, 1.807) is 5.56 Å². The molecule has 1 saturated carbocycles. The minimum absolute atomic E-state index is 0.607. The van der Waals surface area contributed by atoms with Crippen LogP contribution in [-0.2, 0) is 6.42 Å². The molecule has 1 nitrogen and oxygen atoms in total. The Morgan fingerprint density at radius 3 is 2.48 bits per heavy atom. The molecular formula is C19H30BrN. The number of nitrogens with one attached hydrogen (secondary N) is 1. The molecule has 0 amide bonds. The SMILES string of the molecule is CCNCCC1(CCc2cc(C)c(Br)cc2C)CCCC1. The topological polar surface area (TPSA) is 12.0 Å². The summed E-state index contributed by atoms with van der Waals surface area (Å²) in [4.78, 5) is 0. The summed E-state index contributed by atoms with van der Waals surface area (Å²) in [6.07, 6.45) is 9.70. The average Bonchev–Trinajstić information content (AvgIpc) is 2.91. The molecule has 1 N–H and O–H groups in total. The second kappa shape index (κ2) is 7.78. The molecule has 0 heterocycles. The molecule has 0 saturated heterocycles. The largest absolute Gasteiger partial charge is 0.317 e. The summed E-state index contributed by atoms with van der Waals surface area (Å²) in [7, 11) is 0. The Kier molecular flexibility index (Phi) is 6.31. The highest BCUT2D eigenvalue weighted by Crippen LogP contribution is 2.44. The Labute approximate surface area is 139 Å². The van der Waals surface area contributed by atoms with Gasteiger partial charge in [-0.3, -0.25) is 0 Å². The molecule has 0 bridgehead atoms. The van der Waals surface area contributed by atoms with Gasteiger partial charge in [-0.25, -0.2) is 0 Å². The van der Waals surface area contributed by atoms with Crippen molar-refractivity contribution in [2.24, 2.45) is 5.41 Å². The van der Waals surface area contributed by atoms with Crippen molar-refractivity contribution in [3.05, 3.63) is 33.3 Å². The first kappa shape index (κ1) is 17.0. The minimum atomic E-state index is 0.607. The number of hydrogen-bond donors (Lipinski definition) is 1. The second-order valence-electron chi connectivity index (χ2n) is 6.84. The Morgan fingerprint density at radius 1 is 1.10 bits per heavy atom. The van der Waals surface area contributed by atoms with Gasteiger partial charge in [-0.05, 0) is 87.2 Å². The van der Waals surface area contributed by atoms with Crippen LogP contribution in [0.4, 0.5) is 0 Å². The average molecular weight is 352 g/mol. The van der Waals surface area contributed by atoms with E-state index in [-0.39, 0.29) is 0 Å². The van der Waals surface area contributed by atoms with Crippen LogP contribution in [0.2, 0.25) is 0 Å². The molecular weight excluding hydrogens is 322 g/mol. The van der Waals surface area contributed by atoms with Crippen LogP contribution in [0.3, 0.4) is 0 Å². The van der Waals surface area contributed by atoms with Crippen molar-refractivity contribution in [2.45, 2.75) is 65.7 Å². The molecule has 1 aromatic rings. The van der Waals surface area contributed by atoms with Crippen molar-refractivity contribution < 1.29 is 0 Å². The van der Waals surface area contributed by atoms with E-state index in [2.05, 4.69) is 54.2 Å². The molecule has 1 aromatic carbocycles. The zero-order valence-corrected chi connectivity index (χ0v) is 15.5. The molecule has 1 fully saturated rings. The van der Waals surface area contributed by atoms with E-state index in [1.165, 1.54) is 67.1 Å². The third-order valence-electron chi connectivity index (χ3n) is 5.29. The van der Waals surface area contributed by atoms with Gasteiger partial charge >= 0.3 is 0 Å². The van der Waals surface area contributed by atoms with Crippen molar-refractivity contribution in [3.8, 4) is 0 Å². The van der Waals surface area contributed by atoms with E-state index < -0.39 is 0 Å². The number of rotatable bonds is 7. The Morgan fingerprint density at radius 2 is 1.81 bits per heavy atom. The van der Waals surface area contributed by atoms with Crippen LogP contribution in [-0.4, -0.2) is 13.1 Å². The first-order valence-electron chi connectivity index (χ1n) is 8.53. The highest BCUT2D eigenvalue weighted by atomic mass is 79.9. The highest BCUT2D eigenvalue weighted by molar-refractivity contribution is 9.10. The third-order valence-corrected chi connectivity index (χ3v) is 6.14. The van der Waals surface area contributed by atoms with Gasteiger partial charge in [0.2, 0.25) is 0 Å². The van der Waals surface area contributed by atoms with E-state index in [9.17, 15) is 0 Å². The number of benzene rings is 1. The predicted molar refractivity (Wildman–Crippen MR) is 96.0 cm³/mol. The van der Waals surface area contributed by atoms with Crippen molar-refractivity contribution in [2.75, 3.05) is 13.1 Å². The van der Waals surface area contributed by atoms with Gasteiger partial charge in [0.15, 0.2) is 0 Å². The van der Waals surface area contributed by atoms with Gasteiger partial charge < -0.3 is 5.32 Å². The summed E-state index contributed by atoms with van der Waals surface area (Å²) in [6.45, 7) is 8.94. The van der Waals surface area contributed by atoms with Gasteiger partial charge in [-0.15, -0.1) is 0 Å². The monoisotopic (exact) mass is 351 g/mol. The van der Waals surface area contributed by atoms with E-state index in [0.717, 1.165) is 6.54 Å². The van der Waals surface area contributed by atoms with Crippen LogP contribution in [0.5, 0.6) is 0 Å². The zero-order chi connectivity index (χ0) is 15.3. The number of hydrogen-bond acceptors (Lipinski definition) is 1. The Hall–Kier alpha value is -0.340. The second-order valence-corrected chi connectivity index (χ2v) is 7.69. The molecule has 0 radical (unpaired) electrons. The number of halogens is 1. The van der Waals surface area contributed by atoms with Crippen LogP contribution >= 0.6 is 15.9 Å². The van der Waals surface area contributed by atoms with Gasteiger partial charge in [0.05, 0.1) is 0 Å². The summed E-state index contributed by atoms with van der Waals surface area (Å²) in [5.74, 6) is 0. The summed E-state index contributed by atoms with van der Waals surface area (Å²) >= 11 is 3.64. The lowest BCUT2D eigenvalue weighted by Crippen LogP contribution is -2.25. The Balaban J connectivity index is 2.00. The first-order chi connectivity index (χ1) is 10.1. The van der Waals surface area contributed by atoms with Crippen LogP contribution in [0.15, 0.2) is 16.6 Å². The fourth-order valence-electron chi connectivity index (χ4n) is 3.79. The van der Waals surface area contributed by atoms with Crippen molar-refractivity contribution >= 4 is 15.9 Å². The first-order valence-corrected chi connectivity index (χ1v) is 9.32. The molecule has 1 aliphatic carbocycles. The normalized spacial score (nSPS) is 17.3. The number of aryl methyl sites for hydroxylation is 3. The molecule has 0 atom stereocenters. The molecule has 21 heavy (non-hydrogen) atoms. The predicted octanol–water partition coefficient (Wildman–Crippen LogP) is 5.56. The molecule has 0 aromatic heterocycles. The summed E-state index contributed by atoms with van der Waals surface area (Å²) in [5, 5.41) is 3.52. The van der Waals surface area contributed by atoms with Crippen LogP contribution in [0.25, 0.3) is 0 Å². The smallest absolute Gasteiger partial charge is 0.0207 e. The summed E-state index contributed by atoms with van der Waals surface area (Å²) in [5.41, 5.74) is 4.96. The van der Waals surface area contributed by atoms with Gasteiger partial charge in [-0.2, -0.15) is 0 Å². The van der Waals surface area contributed by atoms with Gasteiger partial charge in [0.25, 0.3) is 0 Å². The van der Waals surface area contributed by atoms with Crippen molar-refractivity contribution in [1.29, 1.82) is 0 Å². The fourth-order valence-corrected chi connectivity index (χ4v) is 4.25. The standard InChI is InChI=1S/C19H30BrN/c1-4-21-12-11-19(8-5-6-9-19)10-7-17-13-16(3)18(20)14-15(17)2/h13-14,21H,4-12H2,1-3H3. The van der Waals surface area contributed by atoms with E-state index in [0.29, 0.717) is 5.41 Å². The molecule has 2 rings (SSSR count). The fraction of sp³-hybridized carbons (Fsp3) is 0.684. The van der Waals surface area contributed by atoms with Gasteiger partial charge in [0, 0.05) is 4.47 Å². The lowest BCUT2D eigenvalue weighted by molar-refractivity contribution is 0.246. The molecule has 0 spiro atoms. The third kappa shape index (κ3) is 4.56. The summed E-state index contributed by atoms with van der Waals surface area (Å²) < 4.78 is 1.24.